The van der Waals surface area contributed by atoms with Crippen LogP contribution in [0, 0.1) is 0 Å². The number of guanidine groups is 2. The molecule has 0 radical (unpaired) electrons. The molecule has 2 aliphatic heterocycles. The van der Waals surface area contributed by atoms with Crippen LogP contribution in [0.25, 0.3) is 21.5 Å². The van der Waals surface area contributed by atoms with Crippen LogP contribution in [0.5, 0.6) is 0 Å². The molecule has 42 heavy (non-hydrogen) atoms. The van der Waals surface area contributed by atoms with Crippen molar-refractivity contribution in [2.45, 2.75) is 26.2 Å². The summed E-state index contributed by atoms with van der Waals surface area (Å²) < 4.78 is 0. The monoisotopic (exact) mass is 550 g/mol. The van der Waals surface area contributed by atoms with Gasteiger partial charge in [0.2, 0.25) is 11.9 Å². The summed E-state index contributed by atoms with van der Waals surface area (Å²) in [5.74, 6) is 1.31. The Balaban J connectivity index is 1.16. The molecule has 4 N–H and O–H groups in total. The van der Waals surface area contributed by atoms with Gasteiger partial charge in [-0.15, -0.1) is 0 Å². The topological polar surface area (TPSA) is 97.6 Å². The molecule has 2 aliphatic rings. The van der Waals surface area contributed by atoms with Crippen molar-refractivity contribution in [3.63, 3.8) is 0 Å². The first-order chi connectivity index (χ1) is 20.8. The molecule has 206 valence electrons. The molecule has 0 spiro atoms. The fourth-order valence-corrected chi connectivity index (χ4v) is 5.51. The molecule has 7 rings (SSSR count). The third-order valence-corrected chi connectivity index (χ3v) is 7.69. The van der Waals surface area contributed by atoms with E-state index in [9.17, 15) is 0 Å². The van der Waals surface area contributed by atoms with Gasteiger partial charge in [0.15, 0.2) is 0 Å². The van der Waals surface area contributed by atoms with Gasteiger partial charge in [-0.25, -0.2) is 20.8 Å². The quantitative estimate of drug-likeness (QED) is 0.141. The molecule has 0 atom stereocenters. The average Bonchev–Trinajstić information content (AvgIpc) is 3.38. The van der Waals surface area contributed by atoms with E-state index >= 15 is 0 Å². The molecule has 0 unspecified atom stereocenters. The highest BCUT2D eigenvalue weighted by Crippen LogP contribution is 2.31. The molecule has 0 fully saturated rings. The minimum absolute atomic E-state index is 0.615. The third kappa shape index (κ3) is 5.17. The first-order valence-electron chi connectivity index (χ1n) is 14.1. The lowest BCUT2D eigenvalue weighted by molar-refractivity contribution is 0.853. The van der Waals surface area contributed by atoms with Crippen molar-refractivity contribution in [2.75, 3.05) is 0 Å². The van der Waals surface area contributed by atoms with Crippen LogP contribution in [0.3, 0.4) is 0 Å². The van der Waals surface area contributed by atoms with Crippen LogP contribution < -0.4 is 21.5 Å². The molecular formula is C34H30N8. The lowest BCUT2D eigenvalue weighted by Gasteiger charge is -2.13. The van der Waals surface area contributed by atoms with E-state index in [-0.39, 0.29) is 0 Å². The zero-order valence-electron chi connectivity index (χ0n) is 23.0. The van der Waals surface area contributed by atoms with Gasteiger partial charge >= 0.3 is 0 Å². The number of hydrazone groups is 2. The van der Waals surface area contributed by atoms with Gasteiger partial charge in [0, 0.05) is 24.2 Å². The van der Waals surface area contributed by atoms with Crippen molar-refractivity contribution in [3.8, 4) is 0 Å². The molecule has 5 aromatic carbocycles. The van der Waals surface area contributed by atoms with Crippen LogP contribution in [-0.2, 0) is 26.2 Å². The number of nitrogens with zero attached hydrogens (tertiary/aromatic N) is 4. The first-order valence-corrected chi connectivity index (χ1v) is 14.1. The van der Waals surface area contributed by atoms with Crippen molar-refractivity contribution < 1.29 is 0 Å². The van der Waals surface area contributed by atoms with E-state index in [0.29, 0.717) is 38.1 Å². The Hall–Kier alpha value is -5.50. The SMILES string of the molecule is C(=N\NC1=NCc2ccccc2CN1)/c1c2ccccc2c(/C=N/NC2=NCc3ccccc3CN2)c2ccccc12. The summed E-state index contributed by atoms with van der Waals surface area (Å²) in [6, 6.07) is 33.4. The Morgan fingerprint density at radius 3 is 1.26 bits per heavy atom. The number of benzene rings is 5. The van der Waals surface area contributed by atoms with E-state index in [2.05, 4.69) is 127 Å². The zero-order valence-corrected chi connectivity index (χ0v) is 23.0. The number of nitrogens with one attached hydrogen (secondary N) is 4. The maximum Gasteiger partial charge on any atom is 0.212 e. The average molecular weight is 551 g/mol. The molecule has 2 heterocycles. The van der Waals surface area contributed by atoms with Crippen molar-refractivity contribution in [3.05, 3.63) is 130 Å². The molecule has 8 nitrogen and oxygen atoms in total. The highest BCUT2D eigenvalue weighted by atomic mass is 15.4. The number of hydrogen-bond acceptors (Lipinski definition) is 8. The second kappa shape index (κ2) is 11.5. The smallest absolute Gasteiger partial charge is 0.212 e. The number of hydrogen-bond donors (Lipinski definition) is 4. The van der Waals surface area contributed by atoms with Gasteiger partial charge in [0.25, 0.3) is 0 Å². The normalized spacial score (nSPS) is 14.8. The summed E-state index contributed by atoms with van der Waals surface area (Å²) in [6.45, 7) is 2.65. The summed E-state index contributed by atoms with van der Waals surface area (Å²) >= 11 is 0. The van der Waals surface area contributed by atoms with Crippen molar-refractivity contribution in [2.24, 2.45) is 20.2 Å². The van der Waals surface area contributed by atoms with E-state index in [1.165, 1.54) is 22.3 Å². The van der Waals surface area contributed by atoms with Crippen LogP contribution in [-0.4, -0.2) is 24.3 Å². The largest absolute Gasteiger partial charge is 0.351 e. The van der Waals surface area contributed by atoms with Crippen molar-refractivity contribution in [1.29, 1.82) is 0 Å². The molecule has 0 bridgehead atoms. The standard InChI is InChI=1S/C34H30N8/c1-2-10-24-18-36-33(35-17-23(24)9-1)41-39-21-31-27-13-5-7-15-29(27)32(30-16-8-6-14-28(30)31)22-40-42-34-37-19-25-11-3-4-12-26(25)20-38-34/h1-16,21-22H,17-20H2,(H2,35,36,41)(H2,37,38,42)/b39-21+,40-22+. The number of fused-ring (bicyclic) bond motifs is 4. The van der Waals surface area contributed by atoms with Crippen LogP contribution in [0.1, 0.15) is 33.4 Å². The molecular weight excluding hydrogens is 520 g/mol. The van der Waals surface area contributed by atoms with Crippen LogP contribution in [0.2, 0.25) is 0 Å². The van der Waals surface area contributed by atoms with Gasteiger partial charge in [0.1, 0.15) is 0 Å². The Morgan fingerprint density at radius 2 is 0.857 bits per heavy atom. The van der Waals surface area contributed by atoms with E-state index in [0.717, 1.165) is 32.7 Å². The summed E-state index contributed by atoms with van der Waals surface area (Å²) in [5.41, 5.74) is 13.3. The third-order valence-electron chi connectivity index (χ3n) is 7.69. The van der Waals surface area contributed by atoms with Crippen LogP contribution in [0.15, 0.2) is 117 Å². The highest BCUT2D eigenvalue weighted by Gasteiger charge is 2.13. The lowest BCUT2D eigenvalue weighted by atomic mass is 9.92. The lowest BCUT2D eigenvalue weighted by Crippen LogP contribution is -2.33. The predicted octanol–water partition coefficient (Wildman–Crippen LogP) is 5.16. The highest BCUT2D eigenvalue weighted by molar-refractivity contribution is 6.21. The predicted molar refractivity (Wildman–Crippen MR) is 172 cm³/mol. The van der Waals surface area contributed by atoms with Crippen molar-refractivity contribution in [1.82, 2.24) is 21.5 Å². The van der Waals surface area contributed by atoms with Gasteiger partial charge < -0.3 is 10.6 Å². The zero-order chi connectivity index (χ0) is 28.1. The summed E-state index contributed by atoms with van der Waals surface area (Å²) in [7, 11) is 0. The van der Waals surface area contributed by atoms with Gasteiger partial charge in [0.05, 0.1) is 25.5 Å². The minimum Gasteiger partial charge on any atom is -0.351 e. The van der Waals surface area contributed by atoms with E-state index in [1.807, 2.05) is 24.6 Å². The summed E-state index contributed by atoms with van der Waals surface area (Å²) in [5, 5.41) is 20.3. The van der Waals surface area contributed by atoms with Gasteiger partial charge in [-0.05, 0) is 43.8 Å². The van der Waals surface area contributed by atoms with Gasteiger partial charge in [-0.2, -0.15) is 10.2 Å². The molecule has 0 aromatic heterocycles. The fourth-order valence-electron chi connectivity index (χ4n) is 5.51. The van der Waals surface area contributed by atoms with Gasteiger partial charge in [-0.3, -0.25) is 0 Å². The number of rotatable bonds is 4. The Labute approximate surface area is 244 Å². The minimum atomic E-state index is 0.615. The molecule has 0 aliphatic carbocycles. The molecule has 0 amide bonds. The second-order valence-corrected chi connectivity index (χ2v) is 10.2. The van der Waals surface area contributed by atoms with E-state index in [1.54, 1.807) is 0 Å². The summed E-state index contributed by atoms with van der Waals surface area (Å²) in [6.07, 6.45) is 3.77. The molecule has 0 saturated heterocycles. The second-order valence-electron chi connectivity index (χ2n) is 10.2. The van der Waals surface area contributed by atoms with Crippen molar-refractivity contribution >= 4 is 45.9 Å². The Morgan fingerprint density at radius 1 is 0.500 bits per heavy atom. The van der Waals surface area contributed by atoms with Crippen LogP contribution >= 0.6 is 0 Å². The summed E-state index contributed by atoms with van der Waals surface area (Å²) in [4.78, 5) is 9.33. The van der Waals surface area contributed by atoms with Gasteiger partial charge in [-0.1, -0.05) is 97.1 Å². The van der Waals surface area contributed by atoms with E-state index < -0.39 is 0 Å². The fraction of sp³-hybridized carbons (Fsp3) is 0.118. The maximum atomic E-state index is 4.67. The maximum absolute atomic E-state index is 4.67. The molecule has 5 aromatic rings. The Kier molecular flexibility index (Phi) is 7.00. The number of aliphatic imine (C=N–C) groups is 2. The molecule has 0 saturated carbocycles. The Bertz CT molecular complexity index is 1710. The molecule has 8 heteroatoms. The van der Waals surface area contributed by atoms with E-state index in [4.69, 9.17) is 0 Å². The first kappa shape index (κ1) is 25.5. The van der Waals surface area contributed by atoms with Crippen LogP contribution in [0.4, 0.5) is 0 Å².